The van der Waals surface area contributed by atoms with Crippen LogP contribution in [-0.2, 0) is 0 Å². The van der Waals surface area contributed by atoms with E-state index in [1.165, 1.54) is 19.4 Å². The lowest BCUT2D eigenvalue weighted by Crippen LogP contribution is -2.37. The van der Waals surface area contributed by atoms with Gasteiger partial charge in [0.25, 0.3) is 0 Å². The molecule has 0 aromatic carbocycles. The van der Waals surface area contributed by atoms with Crippen molar-refractivity contribution in [1.29, 1.82) is 0 Å². The molecule has 1 fully saturated rings. The van der Waals surface area contributed by atoms with Crippen molar-refractivity contribution < 1.29 is 0 Å². The first-order valence-corrected chi connectivity index (χ1v) is 7.72. The van der Waals surface area contributed by atoms with Crippen LogP contribution in [0.3, 0.4) is 0 Å². The molecule has 0 amide bonds. The molecule has 1 saturated heterocycles. The average molecular weight is 327 g/mol. The van der Waals surface area contributed by atoms with Gasteiger partial charge in [0.15, 0.2) is 0 Å². The Morgan fingerprint density at radius 1 is 1.47 bits per heavy atom. The highest BCUT2D eigenvalue weighted by molar-refractivity contribution is 9.10. The first-order chi connectivity index (χ1) is 8.97. The highest BCUT2D eigenvalue weighted by Gasteiger charge is 2.23. The van der Waals surface area contributed by atoms with E-state index < -0.39 is 0 Å². The SMILES string of the molecule is CC(C)c1nc(Br)cc(N(C)CC2CCCN2C)n1. The van der Waals surface area contributed by atoms with Crippen molar-refractivity contribution in [2.75, 3.05) is 32.1 Å². The molecule has 1 aliphatic heterocycles. The summed E-state index contributed by atoms with van der Waals surface area (Å²) in [5.74, 6) is 2.25. The minimum absolute atomic E-state index is 0.346. The largest absolute Gasteiger partial charge is 0.358 e. The zero-order chi connectivity index (χ0) is 14.0. The minimum atomic E-state index is 0.346. The van der Waals surface area contributed by atoms with Gasteiger partial charge < -0.3 is 9.80 Å². The van der Waals surface area contributed by atoms with Crippen LogP contribution >= 0.6 is 15.9 Å². The van der Waals surface area contributed by atoms with Crippen LogP contribution in [-0.4, -0.2) is 48.1 Å². The Hall–Kier alpha value is -0.680. The summed E-state index contributed by atoms with van der Waals surface area (Å²) < 4.78 is 0.868. The van der Waals surface area contributed by atoms with E-state index in [2.05, 4.69) is 63.6 Å². The molecule has 1 unspecified atom stereocenters. The summed E-state index contributed by atoms with van der Waals surface area (Å²) in [5, 5.41) is 0. The molecule has 0 saturated carbocycles. The second-order valence-corrected chi connectivity index (χ2v) is 6.53. The lowest BCUT2D eigenvalue weighted by Gasteiger charge is -2.27. The summed E-state index contributed by atoms with van der Waals surface area (Å²) in [5.41, 5.74) is 0. The molecule has 1 aromatic heterocycles. The van der Waals surface area contributed by atoms with Gasteiger partial charge in [0, 0.05) is 31.6 Å². The van der Waals surface area contributed by atoms with E-state index in [0.717, 1.165) is 22.8 Å². The van der Waals surface area contributed by atoms with Crippen molar-refractivity contribution in [3.05, 3.63) is 16.5 Å². The molecule has 5 heteroatoms. The van der Waals surface area contributed by atoms with Gasteiger partial charge in [0.2, 0.25) is 0 Å². The van der Waals surface area contributed by atoms with E-state index in [-0.39, 0.29) is 0 Å². The van der Waals surface area contributed by atoms with Crippen LogP contribution in [0.25, 0.3) is 0 Å². The van der Waals surface area contributed by atoms with Gasteiger partial charge in [-0.1, -0.05) is 13.8 Å². The minimum Gasteiger partial charge on any atom is -0.358 e. The Kier molecular flexibility index (Phi) is 4.79. The molecule has 4 nitrogen and oxygen atoms in total. The monoisotopic (exact) mass is 326 g/mol. The Balaban J connectivity index is 2.11. The van der Waals surface area contributed by atoms with Crippen LogP contribution in [0.4, 0.5) is 5.82 Å². The number of anilines is 1. The molecule has 0 aliphatic carbocycles. The van der Waals surface area contributed by atoms with Crippen molar-refractivity contribution in [2.24, 2.45) is 0 Å². The van der Waals surface area contributed by atoms with Crippen LogP contribution in [0.1, 0.15) is 38.4 Å². The fourth-order valence-electron chi connectivity index (χ4n) is 2.50. The lowest BCUT2D eigenvalue weighted by atomic mass is 10.2. The van der Waals surface area contributed by atoms with Gasteiger partial charge in [-0.2, -0.15) is 0 Å². The van der Waals surface area contributed by atoms with Crippen molar-refractivity contribution in [3.8, 4) is 0 Å². The number of hydrogen-bond donors (Lipinski definition) is 0. The standard InChI is InChI=1S/C14H23BrN4/c1-10(2)14-16-12(15)8-13(17-14)19(4)9-11-6-5-7-18(11)3/h8,10-11H,5-7,9H2,1-4H3. The smallest absolute Gasteiger partial charge is 0.134 e. The van der Waals surface area contributed by atoms with E-state index in [1.807, 2.05) is 6.07 Å². The third-order valence-electron chi connectivity index (χ3n) is 3.76. The Morgan fingerprint density at radius 3 is 2.79 bits per heavy atom. The molecule has 106 valence electrons. The summed E-state index contributed by atoms with van der Waals surface area (Å²) in [6.45, 7) is 6.48. The normalized spacial score (nSPS) is 20.2. The highest BCUT2D eigenvalue weighted by atomic mass is 79.9. The molecule has 2 heterocycles. The van der Waals surface area contributed by atoms with E-state index in [4.69, 9.17) is 0 Å². The fourth-order valence-corrected chi connectivity index (χ4v) is 2.88. The maximum Gasteiger partial charge on any atom is 0.134 e. The van der Waals surface area contributed by atoms with Gasteiger partial charge in [0.05, 0.1) is 0 Å². The second-order valence-electron chi connectivity index (χ2n) is 5.72. The number of aromatic nitrogens is 2. The quantitative estimate of drug-likeness (QED) is 0.796. The summed E-state index contributed by atoms with van der Waals surface area (Å²) in [4.78, 5) is 13.8. The van der Waals surface area contributed by atoms with Crippen LogP contribution < -0.4 is 4.90 Å². The molecule has 0 N–H and O–H groups in total. The number of hydrogen-bond acceptors (Lipinski definition) is 4. The number of halogens is 1. The van der Waals surface area contributed by atoms with E-state index in [9.17, 15) is 0 Å². The van der Waals surface area contributed by atoms with Crippen LogP contribution in [0, 0.1) is 0 Å². The molecule has 19 heavy (non-hydrogen) atoms. The number of rotatable bonds is 4. The number of nitrogens with zero attached hydrogens (tertiary/aromatic N) is 4. The zero-order valence-electron chi connectivity index (χ0n) is 12.2. The van der Waals surface area contributed by atoms with Gasteiger partial charge in [0.1, 0.15) is 16.2 Å². The number of likely N-dealkylation sites (tertiary alicyclic amines) is 1. The van der Waals surface area contributed by atoms with Crippen molar-refractivity contribution >= 4 is 21.7 Å². The van der Waals surface area contributed by atoms with Crippen molar-refractivity contribution in [2.45, 2.75) is 38.6 Å². The Bertz CT molecular complexity index is 435. The Morgan fingerprint density at radius 2 is 2.21 bits per heavy atom. The van der Waals surface area contributed by atoms with E-state index in [0.29, 0.717) is 12.0 Å². The third kappa shape index (κ3) is 3.66. The molecular weight excluding hydrogens is 304 g/mol. The highest BCUT2D eigenvalue weighted by Crippen LogP contribution is 2.22. The van der Waals surface area contributed by atoms with E-state index >= 15 is 0 Å². The summed E-state index contributed by atoms with van der Waals surface area (Å²) in [7, 11) is 4.33. The molecule has 0 bridgehead atoms. The summed E-state index contributed by atoms with van der Waals surface area (Å²) in [6.07, 6.45) is 2.59. The molecular formula is C14H23BrN4. The van der Waals surface area contributed by atoms with Gasteiger partial charge >= 0.3 is 0 Å². The third-order valence-corrected chi connectivity index (χ3v) is 4.17. The molecule has 2 rings (SSSR count). The van der Waals surface area contributed by atoms with Crippen LogP contribution in [0.15, 0.2) is 10.7 Å². The lowest BCUT2D eigenvalue weighted by molar-refractivity contribution is 0.314. The zero-order valence-corrected chi connectivity index (χ0v) is 13.8. The predicted octanol–water partition coefficient (Wildman–Crippen LogP) is 2.89. The predicted molar refractivity (Wildman–Crippen MR) is 82.7 cm³/mol. The Labute approximate surface area is 124 Å². The average Bonchev–Trinajstić information content (AvgIpc) is 2.74. The van der Waals surface area contributed by atoms with Gasteiger partial charge in [-0.3, -0.25) is 0 Å². The van der Waals surface area contributed by atoms with Gasteiger partial charge in [-0.25, -0.2) is 9.97 Å². The second kappa shape index (κ2) is 6.18. The first-order valence-electron chi connectivity index (χ1n) is 6.93. The maximum atomic E-state index is 4.67. The van der Waals surface area contributed by atoms with E-state index in [1.54, 1.807) is 0 Å². The van der Waals surface area contributed by atoms with Crippen LogP contribution in [0.5, 0.6) is 0 Å². The molecule has 0 radical (unpaired) electrons. The summed E-state index contributed by atoms with van der Waals surface area (Å²) in [6, 6.07) is 2.64. The molecule has 1 aromatic rings. The molecule has 1 aliphatic rings. The van der Waals surface area contributed by atoms with Crippen molar-refractivity contribution in [1.82, 2.24) is 14.9 Å². The maximum absolute atomic E-state index is 4.67. The van der Waals surface area contributed by atoms with Gasteiger partial charge in [-0.15, -0.1) is 0 Å². The molecule has 0 spiro atoms. The van der Waals surface area contributed by atoms with Crippen LogP contribution in [0.2, 0.25) is 0 Å². The number of likely N-dealkylation sites (N-methyl/N-ethyl adjacent to an activating group) is 2. The first kappa shape index (κ1) is 14.7. The fraction of sp³-hybridized carbons (Fsp3) is 0.714. The topological polar surface area (TPSA) is 32.3 Å². The summed E-state index contributed by atoms with van der Waals surface area (Å²) >= 11 is 3.49. The van der Waals surface area contributed by atoms with Crippen molar-refractivity contribution in [3.63, 3.8) is 0 Å². The molecule has 1 atom stereocenters. The van der Waals surface area contributed by atoms with Gasteiger partial charge in [-0.05, 0) is 42.4 Å².